The van der Waals surface area contributed by atoms with Gasteiger partial charge in [-0.05, 0) is 25.5 Å². The summed E-state index contributed by atoms with van der Waals surface area (Å²) in [7, 11) is 1.69. The molecule has 0 radical (unpaired) electrons. The van der Waals surface area contributed by atoms with Crippen LogP contribution < -0.4 is 4.74 Å². The molecule has 0 aliphatic carbocycles. The van der Waals surface area contributed by atoms with E-state index in [2.05, 4.69) is 24.8 Å². The molecule has 4 heteroatoms. The summed E-state index contributed by atoms with van der Waals surface area (Å²) in [6.07, 6.45) is -0.527. The first-order valence-electron chi connectivity index (χ1n) is 8.75. The van der Waals surface area contributed by atoms with E-state index >= 15 is 0 Å². The molecule has 2 aromatic carbocycles. The van der Waals surface area contributed by atoms with Gasteiger partial charge in [0.1, 0.15) is 5.75 Å². The molecule has 1 atom stereocenters. The monoisotopic (exact) mass is 343 g/mol. The van der Waals surface area contributed by atoms with Gasteiger partial charge in [-0.1, -0.05) is 48.5 Å². The fourth-order valence-corrected chi connectivity index (χ4v) is 2.72. The fourth-order valence-electron chi connectivity index (χ4n) is 2.72. The molecule has 0 saturated carbocycles. The van der Waals surface area contributed by atoms with Crippen molar-refractivity contribution in [1.29, 1.82) is 0 Å². The van der Waals surface area contributed by atoms with E-state index in [1.54, 1.807) is 7.11 Å². The van der Waals surface area contributed by atoms with Crippen LogP contribution in [0, 0.1) is 0 Å². The number of methoxy groups -OCH3 is 1. The molecule has 1 N–H and O–H groups in total. The minimum atomic E-state index is -0.527. The van der Waals surface area contributed by atoms with Crippen LogP contribution in [0.25, 0.3) is 0 Å². The number of ether oxygens (including phenoxy) is 2. The van der Waals surface area contributed by atoms with E-state index in [4.69, 9.17) is 9.47 Å². The van der Waals surface area contributed by atoms with Gasteiger partial charge in [0.2, 0.25) is 0 Å². The van der Waals surface area contributed by atoms with Crippen molar-refractivity contribution in [3.05, 3.63) is 65.7 Å². The summed E-state index contributed by atoms with van der Waals surface area (Å²) in [5.41, 5.74) is 2.24. The number of benzene rings is 2. The fraction of sp³-hybridized carbons (Fsp3) is 0.429. The zero-order valence-electron chi connectivity index (χ0n) is 15.4. The van der Waals surface area contributed by atoms with Gasteiger partial charge in [0, 0.05) is 24.7 Å². The normalized spacial score (nSPS) is 12.6. The Kier molecular flexibility index (Phi) is 7.92. The van der Waals surface area contributed by atoms with Crippen LogP contribution >= 0.6 is 0 Å². The first-order valence-corrected chi connectivity index (χ1v) is 8.75. The molecule has 0 saturated heterocycles. The first-order chi connectivity index (χ1) is 12.1. The van der Waals surface area contributed by atoms with Gasteiger partial charge in [-0.15, -0.1) is 0 Å². The lowest BCUT2D eigenvalue weighted by Gasteiger charge is -2.29. The Morgan fingerprint density at radius 1 is 1.00 bits per heavy atom. The minimum Gasteiger partial charge on any atom is -0.496 e. The Hall–Kier alpha value is -1.88. The molecular formula is C21H29NO3. The van der Waals surface area contributed by atoms with E-state index in [9.17, 15) is 5.11 Å². The lowest BCUT2D eigenvalue weighted by atomic mass is 10.1. The lowest BCUT2D eigenvalue weighted by molar-refractivity contribution is 0.00302. The molecule has 2 rings (SSSR count). The van der Waals surface area contributed by atoms with Crippen molar-refractivity contribution >= 4 is 0 Å². The quantitative estimate of drug-likeness (QED) is 0.717. The van der Waals surface area contributed by atoms with Crippen molar-refractivity contribution < 1.29 is 14.6 Å². The molecule has 0 aliphatic heterocycles. The number of nitrogens with zero attached hydrogens (tertiary/aromatic N) is 1. The highest BCUT2D eigenvalue weighted by Crippen LogP contribution is 2.20. The molecule has 1 unspecified atom stereocenters. The van der Waals surface area contributed by atoms with E-state index in [0.29, 0.717) is 25.8 Å². The Labute approximate surface area is 151 Å². The third-order valence-electron chi connectivity index (χ3n) is 4.16. The van der Waals surface area contributed by atoms with Gasteiger partial charge in [0.05, 0.1) is 26.4 Å². The van der Waals surface area contributed by atoms with Crippen molar-refractivity contribution in [2.24, 2.45) is 0 Å². The summed E-state index contributed by atoms with van der Waals surface area (Å²) in [5, 5.41) is 10.4. The minimum absolute atomic E-state index is 0.314. The molecule has 2 aromatic rings. The third-order valence-corrected chi connectivity index (χ3v) is 4.16. The maximum Gasteiger partial charge on any atom is 0.123 e. The SMILES string of the molecule is COc1ccccc1CN(CC(O)COCc1ccccc1)C(C)C. The molecule has 25 heavy (non-hydrogen) atoms. The second-order valence-corrected chi connectivity index (χ2v) is 6.49. The van der Waals surface area contributed by atoms with E-state index < -0.39 is 6.10 Å². The average molecular weight is 343 g/mol. The van der Waals surface area contributed by atoms with Gasteiger partial charge in [0.25, 0.3) is 0 Å². The van der Waals surface area contributed by atoms with Gasteiger partial charge in [-0.25, -0.2) is 0 Å². The van der Waals surface area contributed by atoms with Gasteiger partial charge < -0.3 is 14.6 Å². The number of para-hydroxylation sites is 1. The summed E-state index contributed by atoms with van der Waals surface area (Å²) >= 11 is 0. The van der Waals surface area contributed by atoms with Crippen molar-refractivity contribution in [2.45, 2.75) is 39.1 Å². The van der Waals surface area contributed by atoms with Crippen molar-refractivity contribution in [1.82, 2.24) is 4.90 Å². The van der Waals surface area contributed by atoms with E-state index in [1.807, 2.05) is 48.5 Å². The molecule has 0 spiro atoms. The molecule has 0 amide bonds. The van der Waals surface area contributed by atoms with Crippen LogP contribution in [0.4, 0.5) is 0 Å². The summed E-state index contributed by atoms with van der Waals surface area (Å²) in [5.74, 6) is 0.878. The predicted octanol–water partition coefficient (Wildman–Crippen LogP) is 3.48. The molecule has 4 nitrogen and oxygen atoms in total. The highest BCUT2D eigenvalue weighted by molar-refractivity contribution is 5.33. The number of hydrogen-bond donors (Lipinski definition) is 1. The first kappa shape index (κ1) is 19.4. The van der Waals surface area contributed by atoms with Crippen LogP contribution in [0.5, 0.6) is 5.75 Å². The molecule has 0 bridgehead atoms. The highest BCUT2D eigenvalue weighted by Gasteiger charge is 2.17. The largest absolute Gasteiger partial charge is 0.496 e. The smallest absolute Gasteiger partial charge is 0.123 e. The number of hydrogen-bond acceptors (Lipinski definition) is 4. The van der Waals surface area contributed by atoms with Crippen LogP contribution in [0.2, 0.25) is 0 Å². The van der Waals surface area contributed by atoms with Crippen LogP contribution in [0.1, 0.15) is 25.0 Å². The average Bonchev–Trinajstić information content (AvgIpc) is 2.62. The third kappa shape index (κ3) is 6.50. The molecule has 0 fully saturated rings. The van der Waals surface area contributed by atoms with Gasteiger partial charge in [-0.3, -0.25) is 4.90 Å². The van der Waals surface area contributed by atoms with Crippen LogP contribution in [0.15, 0.2) is 54.6 Å². The van der Waals surface area contributed by atoms with Crippen molar-refractivity contribution in [3.8, 4) is 5.75 Å². The van der Waals surface area contributed by atoms with Gasteiger partial charge >= 0.3 is 0 Å². The summed E-state index contributed by atoms with van der Waals surface area (Å²) in [6.45, 7) is 6.40. The Morgan fingerprint density at radius 3 is 2.36 bits per heavy atom. The number of aliphatic hydroxyl groups is 1. The van der Waals surface area contributed by atoms with Crippen molar-refractivity contribution in [2.75, 3.05) is 20.3 Å². The molecule has 136 valence electrons. The lowest BCUT2D eigenvalue weighted by Crippen LogP contribution is -2.38. The van der Waals surface area contributed by atoms with Crippen molar-refractivity contribution in [3.63, 3.8) is 0 Å². The second-order valence-electron chi connectivity index (χ2n) is 6.49. The highest BCUT2D eigenvalue weighted by atomic mass is 16.5. The van der Waals surface area contributed by atoms with Crippen LogP contribution in [-0.4, -0.2) is 42.4 Å². The predicted molar refractivity (Wildman–Crippen MR) is 101 cm³/mol. The van der Waals surface area contributed by atoms with E-state index in [0.717, 1.165) is 23.4 Å². The van der Waals surface area contributed by atoms with E-state index in [1.165, 1.54) is 0 Å². The standard InChI is InChI=1S/C21H29NO3/c1-17(2)22(13-19-11-7-8-12-21(19)24-3)14-20(23)16-25-15-18-9-5-4-6-10-18/h4-12,17,20,23H,13-16H2,1-3H3. The maximum absolute atomic E-state index is 10.4. The van der Waals surface area contributed by atoms with Crippen LogP contribution in [-0.2, 0) is 17.9 Å². The van der Waals surface area contributed by atoms with Crippen LogP contribution in [0.3, 0.4) is 0 Å². The van der Waals surface area contributed by atoms with Gasteiger partial charge in [0.15, 0.2) is 0 Å². The maximum atomic E-state index is 10.4. The Bertz CT molecular complexity index is 616. The van der Waals surface area contributed by atoms with E-state index in [-0.39, 0.29) is 0 Å². The molecular weight excluding hydrogens is 314 g/mol. The van der Waals surface area contributed by atoms with Gasteiger partial charge in [-0.2, -0.15) is 0 Å². The summed E-state index contributed by atoms with van der Waals surface area (Å²) in [4.78, 5) is 2.23. The number of aliphatic hydroxyl groups excluding tert-OH is 1. The zero-order valence-corrected chi connectivity index (χ0v) is 15.4. The number of rotatable bonds is 10. The Morgan fingerprint density at radius 2 is 1.68 bits per heavy atom. The topological polar surface area (TPSA) is 41.9 Å². The molecule has 0 aromatic heterocycles. The second kappa shape index (κ2) is 10.2. The Balaban J connectivity index is 1.85. The molecule has 0 aliphatic rings. The zero-order chi connectivity index (χ0) is 18.1. The molecule has 0 heterocycles. The summed E-state index contributed by atoms with van der Waals surface area (Å²) in [6, 6.07) is 18.3. The summed E-state index contributed by atoms with van der Waals surface area (Å²) < 4.78 is 11.1.